The van der Waals surface area contributed by atoms with E-state index < -0.39 is 87.1 Å². The molecule has 0 aliphatic carbocycles. The molecule has 0 bridgehead atoms. The van der Waals surface area contributed by atoms with E-state index in [1.807, 2.05) is 0 Å². The molecule has 3 atom stereocenters. The molecule has 5 nitrogen and oxygen atoms in total. The van der Waals surface area contributed by atoms with E-state index in [0.717, 1.165) is 0 Å². The third kappa shape index (κ3) is 8.94. The number of aliphatic hydroxyl groups is 1. The number of aliphatic hydroxyl groups excluding tert-OH is 1. The van der Waals surface area contributed by atoms with Crippen molar-refractivity contribution in [1.29, 1.82) is 0 Å². The van der Waals surface area contributed by atoms with Crippen LogP contribution in [0.3, 0.4) is 0 Å². The van der Waals surface area contributed by atoms with Crippen molar-refractivity contribution in [1.82, 2.24) is 0 Å². The van der Waals surface area contributed by atoms with Crippen molar-refractivity contribution in [2.45, 2.75) is 67.3 Å². The van der Waals surface area contributed by atoms with Crippen molar-refractivity contribution in [3.8, 4) is 0 Å². The minimum atomic E-state index is -7.22. The van der Waals surface area contributed by atoms with E-state index in [-0.39, 0.29) is 0 Å². The molecule has 1 N–H and O–H groups in total. The lowest BCUT2D eigenvalue weighted by atomic mass is 10.3. The number of hydrogen-bond acceptors (Lipinski definition) is 5. The van der Waals surface area contributed by atoms with Gasteiger partial charge in [-0.1, -0.05) is 0 Å². The molecule has 0 fully saturated rings. The molecule has 0 aliphatic heterocycles. The molecule has 0 saturated heterocycles. The molecule has 25 heteroatoms. The molecule has 0 rings (SSSR count). The van der Waals surface area contributed by atoms with Crippen LogP contribution in [-0.2, 0) is 18.9 Å². The van der Waals surface area contributed by atoms with E-state index in [1.54, 1.807) is 0 Å². The fourth-order valence-corrected chi connectivity index (χ4v) is 1.61. The molecule has 0 aliphatic rings. The van der Waals surface area contributed by atoms with Gasteiger partial charge in [-0.15, -0.1) is 0 Å². The summed E-state index contributed by atoms with van der Waals surface area (Å²) in [5.74, 6) is -19.9. The quantitative estimate of drug-likeness (QED) is 0.230. The number of ether oxygens (including phenoxy) is 4. The molecule has 0 aromatic carbocycles. The third-order valence-corrected chi connectivity index (χ3v) is 3.62. The van der Waals surface area contributed by atoms with Gasteiger partial charge in [0.05, 0.1) is 13.2 Å². The highest BCUT2D eigenvalue weighted by Crippen LogP contribution is 2.49. The molecule has 0 spiro atoms. The van der Waals surface area contributed by atoms with Crippen molar-refractivity contribution in [3.05, 3.63) is 0 Å². The van der Waals surface area contributed by atoms with E-state index >= 15 is 0 Å². The largest absolute Gasteiger partial charge is 0.462 e. The van der Waals surface area contributed by atoms with Gasteiger partial charge in [-0.05, 0) is 0 Å². The highest BCUT2D eigenvalue weighted by molar-refractivity contribution is 4.87. The van der Waals surface area contributed by atoms with Gasteiger partial charge < -0.3 is 14.6 Å². The Labute approximate surface area is 200 Å². The van der Waals surface area contributed by atoms with E-state index in [9.17, 15) is 87.8 Å². The molecule has 39 heavy (non-hydrogen) atoms. The SMILES string of the molecule is OC(COCC(F)(F)C(F)OC(F)(F)C(F)(F)C(F)(F)F)COC(F)(F)C(F)OC(F)(F)C(F)(F)C(F)(F)F. The molecule has 0 aromatic heterocycles. The Morgan fingerprint density at radius 2 is 0.897 bits per heavy atom. The average Bonchev–Trinajstić information content (AvgIpc) is 2.69. The Kier molecular flexibility index (Phi) is 11.2. The molecule has 0 radical (unpaired) electrons. The van der Waals surface area contributed by atoms with Crippen LogP contribution in [0, 0.1) is 0 Å². The Hall–Kier alpha value is -1.60. The Morgan fingerprint density at radius 3 is 1.26 bits per heavy atom. The number of rotatable bonds is 15. The lowest BCUT2D eigenvalue weighted by Crippen LogP contribution is -2.56. The van der Waals surface area contributed by atoms with Crippen molar-refractivity contribution in [2.24, 2.45) is 0 Å². The predicted octanol–water partition coefficient (Wildman–Crippen LogP) is 5.81. The van der Waals surface area contributed by atoms with Gasteiger partial charge in [-0.2, -0.15) is 79.0 Å². The Balaban J connectivity index is 4.98. The van der Waals surface area contributed by atoms with Crippen LogP contribution in [-0.4, -0.2) is 92.2 Å². The summed E-state index contributed by atoms with van der Waals surface area (Å²) in [5, 5.41) is 9.10. The summed E-state index contributed by atoms with van der Waals surface area (Å²) in [6, 6.07) is 0. The predicted molar refractivity (Wildman–Crippen MR) is 76.5 cm³/mol. The van der Waals surface area contributed by atoms with Crippen LogP contribution in [0.4, 0.5) is 87.8 Å². The summed E-state index contributed by atoms with van der Waals surface area (Å²) in [6.07, 6.45) is -46.9. The zero-order valence-corrected chi connectivity index (χ0v) is 17.5. The highest BCUT2D eigenvalue weighted by atomic mass is 19.4. The molecule has 0 saturated carbocycles. The maximum Gasteiger partial charge on any atom is 0.462 e. The highest BCUT2D eigenvalue weighted by Gasteiger charge is 2.77. The second-order valence-electron chi connectivity index (χ2n) is 6.85. The smallest absolute Gasteiger partial charge is 0.388 e. The van der Waals surface area contributed by atoms with Gasteiger partial charge in [0.15, 0.2) is 0 Å². The average molecular weight is 638 g/mol. The Bertz CT molecular complexity index is 780. The van der Waals surface area contributed by atoms with Gasteiger partial charge in [0.2, 0.25) is 0 Å². The summed E-state index contributed by atoms with van der Waals surface area (Å²) in [4.78, 5) is 0. The van der Waals surface area contributed by atoms with Crippen LogP contribution >= 0.6 is 0 Å². The van der Waals surface area contributed by atoms with Crippen molar-refractivity contribution in [3.63, 3.8) is 0 Å². The fraction of sp³-hybridized carbons (Fsp3) is 1.00. The first-order valence-corrected chi connectivity index (χ1v) is 8.79. The van der Waals surface area contributed by atoms with Crippen LogP contribution in [0.25, 0.3) is 0 Å². The van der Waals surface area contributed by atoms with Crippen LogP contribution in [0.2, 0.25) is 0 Å². The first-order chi connectivity index (χ1) is 16.9. The Morgan fingerprint density at radius 1 is 0.538 bits per heavy atom. The monoisotopic (exact) mass is 638 g/mol. The molecule has 0 heterocycles. The third-order valence-electron chi connectivity index (χ3n) is 3.62. The summed E-state index contributed by atoms with van der Waals surface area (Å²) in [6.45, 7) is -6.61. The number of hydrogen-bond donors (Lipinski definition) is 1. The van der Waals surface area contributed by atoms with Crippen molar-refractivity contribution >= 4 is 0 Å². The summed E-state index contributed by atoms with van der Waals surface area (Å²) < 4.78 is 263. The zero-order chi connectivity index (χ0) is 31.7. The molecular weight excluding hydrogens is 628 g/mol. The van der Waals surface area contributed by atoms with E-state index in [0.29, 0.717) is 0 Å². The molecular formula is C14H10F20O5. The topological polar surface area (TPSA) is 57.2 Å². The summed E-state index contributed by atoms with van der Waals surface area (Å²) in [5.41, 5.74) is 0. The van der Waals surface area contributed by atoms with Crippen LogP contribution in [0.15, 0.2) is 0 Å². The van der Waals surface area contributed by atoms with Crippen molar-refractivity contribution < 1.29 is 112 Å². The van der Waals surface area contributed by atoms with E-state index in [4.69, 9.17) is 5.11 Å². The van der Waals surface area contributed by atoms with Gasteiger partial charge in [0, 0.05) is 0 Å². The lowest BCUT2D eigenvalue weighted by Gasteiger charge is -2.31. The number of halogens is 20. The van der Waals surface area contributed by atoms with Crippen molar-refractivity contribution in [2.75, 3.05) is 19.8 Å². The van der Waals surface area contributed by atoms with E-state index in [2.05, 4.69) is 18.9 Å². The molecule has 0 amide bonds. The minimum Gasteiger partial charge on any atom is -0.388 e. The molecule has 236 valence electrons. The maximum absolute atomic E-state index is 13.3. The summed E-state index contributed by atoms with van der Waals surface area (Å²) >= 11 is 0. The summed E-state index contributed by atoms with van der Waals surface area (Å²) in [7, 11) is 0. The minimum absolute atomic E-state index is 1.83. The van der Waals surface area contributed by atoms with Crippen LogP contribution < -0.4 is 0 Å². The first kappa shape index (κ1) is 37.4. The van der Waals surface area contributed by atoms with Gasteiger partial charge in [0.1, 0.15) is 12.7 Å². The maximum atomic E-state index is 13.3. The molecule has 3 unspecified atom stereocenters. The van der Waals surface area contributed by atoms with E-state index in [1.165, 1.54) is 0 Å². The van der Waals surface area contributed by atoms with Crippen LogP contribution in [0.5, 0.6) is 0 Å². The normalized spacial score (nSPS) is 17.8. The van der Waals surface area contributed by atoms with Gasteiger partial charge in [-0.25, -0.2) is 8.78 Å². The second-order valence-corrected chi connectivity index (χ2v) is 6.85. The lowest BCUT2D eigenvalue weighted by molar-refractivity contribution is -0.465. The second kappa shape index (κ2) is 11.7. The van der Waals surface area contributed by atoms with Gasteiger partial charge in [-0.3, -0.25) is 9.47 Å². The fourth-order valence-electron chi connectivity index (χ4n) is 1.61. The van der Waals surface area contributed by atoms with Gasteiger partial charge in [0.25, 0.3) is 12.7 Å². The standard InChI is InChI=1S/C14H10F20O5/c15-5(38-13(31,32)9(21,22)11(25,26)27)7(17,18)3-36-1-4(35)2-37-8(19,20)6(16)39-14(33,34)10(23,24)12(28,29)30/h4-6,35H,1-3H2. The van der Waals surface area contributed by atoms with Crippen LogP contribution in [0.1, 0.15) is 0 Å². The first-order valence-electron chi connectivity index (χ1n) is 8.79. The van der Waals surface area contributed by atoms with Gasteiger partial charge >= 0.3 is 48.4 Å². The number of alkyl halides is 20. The molecule has 0 aromatic rings. The zero-order valence-electron chi connectivity index (χ0n) is 17.5.